The zero-order valence-electron chi connectivity index (χ0n) is 9.36. The van der Waals surface area contributed by atoms with Gasteiger partial charge in [-0.3, -0.25) is 4.99 Å². The Labute approximate surface area is 116 Å². The highest BCUT2D eigenvalue weighted by atomic mass is 127. The summed E-state index contributed by atoms with van der Waals surface area (Å²) in [5, 5.41) is 16.7. The SMILES string of the molecule is CCc1nnc(CNC2=NCC(C)N2)s1.I. The molecule has 0 fully saturated rings. The molecule has 1 aliphatic heterocycles. The Morgan fingerprint density at radius 3 is 2.75 bits per heavy atom. The molecule has 1 aromatic rings. The van der Waals surface area contributed by atoms with E-state index in [-0.39, 0.29) is 24.0 Å². The fourth-order valence-electron chi connectivity index (χ4n) is 1.32. The van der Waals surface area contributed by atoms with Crippen molar-refractivity contribution in [2.24, 2.45) is 4.99 Å². The lowest BCUT2D eigenvalue weighted by molar-refractivity contribution is 0.712. The van der Waals surface area contributed by atoms with Gasteiger partial charge in [-0.25, -0.2) is 0 Å². The van der Waals surface area contributed by atoms with Gasteiger partial charge >= 0.3 is 0 Å². The maximum absolute atomic E-state index is 4.31. The van der Waals surface area contributed by atoms with Crippen molar-refractivity contribution in [1.82, 2.24) is 20.8 Å². The number of halogens is 1. The Kier molecular flexibility index (Phi) is 5.39. The van der Waals surface area contributed by atoms with E-state index in [0.29, 0.717) is 12.6 Å². The molecule has 0 aliphatic carbocycles. The summed E-state index contributed by atoms with van der Waals surface area (Å²) in [5.41, 5.74) is 0. The van der Waals surface area contributed by atoms with E-state index in [9.17, 15) is 0 Å². The average Bonchev–Trinajstić information content (AvgIpc) is 2.83. The van der Waals surface area contributed by atoms with Gasteiger partial charge < -0.3 is 10.6 Å². The highest BCUT2D eigenvalue weighted by molar-refractivity contribution is 14.0. The fraction of sp³-hybridized carbons (Fsp3) is 0.667. The summed E-state index contributed by atoms with van der Waals surface area (Å²) in [6.07, 6.45) is 0.952. The quantitative estimate of drug-likeness (QED) is 0.801. The zero-order chi connectivity index (χ0) is 10.7. The van der Waals surface area contributed by atoms with Crippen LogP contribution in [-0.2, 0) is 13.0 Å². The highest BCUT2D eigenvalue weighted by Crippen LogP contribution is 2.09. The predicted molar refractivity (Wildman–Crippen MR) is 76.4 cm³/mol. The van der Waals surface area contributed by atoms with Crippen LogP contribution in [0.5, 0.6) is 0 Å². The van der Waals surface area contributed by atoms with E-state index < -0.39 is 0 Å². The molecule has 0 amide bonds. The lowest BCUT2D eigenvalue weighted by atomic mass is 10.4. The Bertz CT molecular complexity index is 365. The van der Waals surface area contributed by atoms with E-state index in [1.54, 1.807) is 11.3 Å². The standard InChI is InChI=1S/C9H15N5S.HI/c1-3-7-13-14-8(15-7)5-11-9-10-4-6(2)12-9;/h6H,3-5H2,1-2H3,(H2,10,11,12);1H. The third-order valence-electron chi connectivity index (χ3n) is 2.12. The molecule has 1 aliphatic rings. The average molecular weight is 353 g/mol. The largest absolute Gasteiger partial charge is 0.352 e. The molecule has 0 aromatic carbocycles. The topological polar surface area (TPSA) is 62.2 Å². The molecule has 1 atom stereocenters. The van der Waals surface area contributed by atoms with Crippen LogP contribution in [0.15, 0.2) is 4.99 Å². The lowest BCUT2D eigenvalue weighted by Gasteiger charge is -2.06. The van der Waals surface area contributed by atoms with Crippen molar-refractivity contribution in [2.45, 2.75) is 32.9 Å². The van der Waals surface area contributed by atoms with Crippen LogP contribution < -0.4 is 10.6 Å². The summed E-state index contributed by atoms with van der Waals surface area (Å²) in [6.45, 7) is 5.75. The van der Waals surface area contributed by atoms with Crippen LogP contribution in [0.2, 0.25) is 0 Å². The van der Waals surface area contributed by atoms with Crippen molar-refractivity contribution in [1.29, 1.82) is 0 Å². The first-order valence-corrected chi connectivity index (χ1v) is 5.95. The maximum Gasteiger partial charge on any atom is 0.191 e. The third-order valence-corrected chi connectivity index (χ3v) is 3.19. The number of nitrogens with one attached hydrogen (secondary N) is 2. The van der Waals surface area contributed by atoms with Gasteiger partial charge in [0.2, 0.25) is 0 Å². The van der Waals surface area contributed by atoms with Gasteiger partial charge in [-0.2, -0.15) is 0 Å². The van der Waals surface area contributed by atoms with E-state index in [2.05, 4.69) is 39.7 Å². The molecule has 2 rings (SSSR count). The molecule has 0 bridgehead atoms. The number of aromatic nitrogens is 2. The number of aryl methyl sites for hydroxylation is 1. The van der Waals surface area contributed by atoms with Gasteiger partial charge in [-0.1, -0.05) is 18.3 Å². The van der Waals surface area contributed by atoms with Crippen LogP contribution in [-0.4, -0.2) is 28.7 Å². The number of nitrogens with zero attached hydrogens (tertiary/aromatic N) is 3. The fourth-order valence-corrected chi connectivity index (χ4v) is 2.05. The molecule has 0 saturated heterocycles. The Balaban J connectivity index is 0.00000128. The van der Waals surface area contributed by atoms with Gasteiger partial charge in [-0.15, -0.1) is 34.2 Å². The number of guanidine groups is 1. The first-order valence-electron chi connectivity index (χ1n) is 5.14. The number of aliphatic imine (C=N–C) groups is 1. The monoisotopic (exact) mass is 353 g/mol. The second kappa shape index (κ2) is 6.33. The van der Waals surface area contributed by atoms with E-state index in [1.807, 2.05) is 0 Å². The summed E-state index contributed by atoms with van der Waals surface area (Å²) in [4.78, 5) is 4.31. The van der Waals surface area contributed by atoms with Crippen molar-refractivity contribution in [3.63, 3.8) is 0 Å². The molecule has 0 radical (unpaired) electrons. The van der Waals surface area contributed by atoms with Gasteiger partial charge in [0, 0.05) is 6.04 Å². The first kappa shape index (κ1) is 13.6. The van der Waals surface area contributed by atoms with E-state index >= 15 is 0 Å². The van der Waals surface area contributed by atoms with Gasteiger partial charge in [0.1, 0.15) is 10.0 Å². The Hall–Kier alpha value is -0.440. The van der Waals surface area contributed by atoms with Crippen LogP contribution in [0.3, 0.4) is 0 Å². The van der Waals surface area contributed by atoms with Crippen LogP contribution >= 0.6 is 35.3 Å². The minimum absolute atomic E-state index is 0. The van der Waals surface area contributed by atoms with Crippen molar-refractivity contribution in [3.05, 3.63) is 10.0 Å². The molecule has 1 unspecified atom stereocenters. The lowest BCUT2D eigenvalue weighted by Crippen LogP contribution is -2.37. The molecular formula is C9H16IN5S. The van der Waals surface area contributed by atoms with Crippen LogP contribution in [0.4, 0.5) is 0 Å². The van der Waals surface area contributed by atoms with Crippen LogP contribution in [0.1, 0.15) is 23.9 Å². The van der Waals surface area contributed by atoms with Gasteiger partial charge in [0.05, 0.1) is 13.1 Å². The molecule has 90 valence electrons. The molecule has 16 heavy (non-hydrogen) atoms. The van der Waals surface area contributed by atoms with Gasteiger partial charge in [-0.05, 0) is 13.3 Å². The summed E-state index contributed by atoms with van der Waals surface area (Å²) >= 11 is 1.65. The smallest absolute Gasteiger partial charge is 0.191 e. The second-order valence-electron chi connectivity index (χ2n) is 3.53. The van der Waals surface area contributed by atoms with Crippen molar-refractivity contribution in [3.8, 4) is 0 Å². The third kappa shape index (κ3) is 3.55. The zero-order valence-corrected chi connectivity index (χ0v) is 12.5. The first-order chi connectivity index (χ1) is 7.28. The Morgan fingerprint density at radius 2 is 2.19 bits per heavy atom. The molecular weight excluding hydrogens is 337 g/mol. The van der Waals surface area contributed by atoms with E-state index in [1.165, 1.54) is 0 Å². The number of hydrogen-bond acceptors (Lipinski definition) is 6. The minimum Gasteiger partial charge on any atom is -0.352 e. The molecule has 0 saturated carbocycles. The molecule has 1 aromatic heterocycles. The van der Waals surface area contributed by atoms with Crippen molar-refractivity contribution in [2.75, 3.05) is 6.54 Å². The minimum atomic E-state index is 0. The van der Waals surface area contributed by atoms with Crippen LogP contribution in [0.25, 0.3) is 0 Å². The van der Waals surface area contributed by atoms with E-state index in [4.69, 9.17) is 0 Å². The molecule has 2 N–H and O–H groups in total. The highest BCUT2D eigenvalue weighted by Gasteiger charge is 2.12. The predicted octanol–water partition coefficient (Wildman–Crippen LogP) is 1.16. The molecule has 0 spiro atoms. The molecule has 5 nitrogen and oxygen atoms in total. The summed E-state index contributed by atoms with van der Waals surface area (Å²) in [7, 11) is 0. The van der Waals surface area contributed by atoms with E-state index in [0.717, 1.165) is 28.9 Å². The van der Waals surface area contributed by atoms with Gasteiger partial charge in [0.25, 0.3) is 0 Å². The molecule has 7 heteroatoms. The molecule has 2 heterocycles. The normalized spacial score (nSPS) is 18.6. The Morgan fingerprint density at radius 1 is 1.44 bits per heavy atom. The number of hydrogen-bond donors (Lipinski definition) is 2. The van der Waals surface area contributed by atoms with Gasteiger partial charge in [0.15, 0.2) is 5.96 Å². The van der Waals surface area contributed by atoms with Crippen molar-refractivity contribution >= 4 is 41.3 Å². The second-order valence-corrected chi connectivity index (χ2v) is 4.68. The summed E-state index contributed by atoms with van der Waals surface area (Å²) in [6, 6.07) is 0.438. The summed E-state index contributed by atoms with van der Waals surface area (Å²) < 4.78 is 0. The van der Waals surface area contributed by atoms with Crippen LogP contribution in [0, 0.1) is 0 Å². The number of rotatable bonds is 3. The maximum atomic E-state index is 4.31. The van der Waals surface area contributed by atoms with Crippen molar-refractivity contribution < 1.29 is 0 Å². The summed E-state index contributed by atoms with van der Waals surface area (Å²) in [5.74, 6) is 0.871.